The normalized spacial score (nSPS) is 11.5. The maximum atomic E-state index is 13.0. The van der Waals surface area contributed by atoms with Crippen LogP contribution in [0.25, 0.3) is 0 Å². The Morgan fingerprint density at radius 2 is 1.88 bits per heavy atom. The maximum absolute atomic E-state index is 13.0. The van der Waals surface area contributed by atoms with E-state index in [9.17, 15) is 17.6 Å². The van der Waals surface area contributed by atoms with E-state index in [1.165, 1.54) is 30.3 Å². The molecule has 5 nitrogen and oxygen atoms in total. The van der Waals surface area contributed by atoms with Crippen molar-refractivity contribution in [2.45, 2.75) is 24.8 Å². The lowest BCUT2D eigenvalue weighted by atomic mass is 10.2. The van der Waals surface area contributed by atoms with E-state index in [2.05, 4.69) is 10.0 Å². The van der Waals surface area contributed by atoms with Crippen LogP contribution >= 0.6 is 11.6 Å². The van der Waals surface area contributed by atoms with Gasteiger partial charge in [-0.2, -0.15) is 0 Å². The SMILES string of the molecule is CC(C)NS(=O)(=O)c1cccc(C(=O)Nc2ccc(F)cc2Cl)c1. The summed E-state index contributed by atoms with van der Waals surface area (Å²) >= 11 is 5.86. The number of benzene rings is 2. The average Bonchev–Trinajstić information content (AvgIpc) is 2.49. The molecule has 0 aliphatic rings. The van der Waals surface area contributed by atoms with Crippen LogP contribution in [0.1, 0.15) is 24.2 Å². The molecule has 2 N–H and O–H groups in total. The smallest absolute Gasteiger partial charge is 0.255 e. The lowest BCUT2D eigenvalue weighted by Crippen LogP contribution is -2.30. The molecule has 0 aliphatic carbocycles. The third kappa shape index (κ3) is 4.53. The van der Waals surface area contributed by atoms with Crippen LogP contribution in [0.15, 0.2) is 47.4 Å². The summed E-state index contributed by atoms with van der Waals surface area (Å²) in [6, 6.07) is 8.89. The number of amides is 1. The van der Waals surface area contributed by atoms with Crippen molar-refractivity contribution in [3.63, 3.8) is 0 Å². The average molecular weight is 371 g/mol. The van der Waals surface area contributed by atoms with E-state index < -0.39 is 21.7 Å². The summed E-state index contributed by atoms with van der Waals surface area (Å²) in [5.74, 6) is -1.07. The molecule has 0 heterocycles. The van der Waals surface area contributed by atoms with E-state index >= 15 is 0 Å². The molecule has 0 atom stereocenters. The Morgan fingerprint density at radius 3 is 2.50 bits per heavy atom. The number of carbonyl (C=O) groups excluding carboxylic acids is 1. The van der Waals surface area contributed by atoms with Gasteiger partial charge in [0.2, 0.25) is 10.0 Å². The van der Waals surface area contributed by atoms with Gasteiger partial charge < -0.3 is 5.32 Å². The van der Waals surface area contributed by atoms with E-state index in [0.29, 0.717) is 0 Å². The minimum Gasteiger partial charge on any atom is -0.321 e. The highest BCUT2D eigenvalue weighted by molar-refractivity contribution is 7.89. The number of hydrogen-bond donors (Lipinski definition) is 2. The number of nitrogens with one attached hydrogen (secondary N) is 2. The Labute approximate surface area is 144 Å². The van der Waals surface area contributed by atoms with Crippen molar-refractivity contribution in [3.05, 3.63) is 58.9 Å². The zero-order valence-electron chi connectivity index (χ0n) is 13.0. The highest BCUT2D eigenvalue weighted by Crippen LogP contribution is 2.23. The molecule has 1 amide bonds. The van der Waals surface area contributed by atoms with Gasteiger partial charge in [0.25, 0.3) is 5.91 Å². The van der Waals surface area contributed by atoms with E-state index in [0.717, 1.165) is 12.1 Å². The highest BCUT2D eigenvalue weighted by atomic mass is 35.5. The van der Waals surface area contributed by atoms with Crippen LogP contribution in [-0.2, 0) is 10.0 Å². The van der Waals surface area contributed by atoms with Crippen LogP contribution in [0, 0.1) is 5.82 Å². The maximum Gasteiger partial charge on any atom is 0.255 e. The van der Waals surface area contributed by atoms with Gasteiger partial charge in [-0.3, -0.25) is 4.79 Å². The van der Waals surface area contributed by atoms with Gasteiger partial charge in [-0.15, -0.1) is 0 Å². The van der Waals surface area contributed by atoms with Crippen LogP contribution in [0.5, 0.6) is 0 Å². The number of anilines is 1. The van der Waals surface area contributed by atoms with Crippen molar-refractivity contribution < 1.29 is 17.6 Å². The van der Waals surface area contributed by atoms with E-state index in [1.807, 2.05) is 0 Å². The lowest BCUT2D eigenvalue weighted by Gasteiger charge is -2.11. The summed E-state index contributed by atoms with van der Waals surface area (Å²) in [6.45, 7) is 3.40. The second-order valence-corrected chi connectivity index (χ2v) is 7.50. The molecule has 0 fully saturated rings. The van der Waals surface area contributed by atoms with Gasteiger partial charge in [0.05, 0.1) is 15.6 Å². The van der Waals surface area contributed by atoms with Crippen molar-refractivity contribution >= 4 is 33.2 Å². The molecule has 0 spiro atoms. The monoisotopic (exact) mass is 370 g/mol. The summed E-state index contributed by atoms with van der Waals surface area (Å²) in [4.78, 5) is 12.3. The summed E-state index contributed by atoms with van der Waals surface area (Å²) < 4.78 is 39.8. The van der Waals surface area contributed by atoms with Gasteiger partial charge in [-0.1, -0.05) is 17.7 Å². The summed E-state index contributed by atoms with van der Waals surface area (Å²) in [5.41, 5.74) is 0.374. The number of sulfonamides is 1. The molecule has 0 unspecified atom stereocenters. The van der Waals surface area contributed by atoms with Crippen LogP contribution in [-0.4, -0.2) is 20.4 Å². The first-order valence-electron chi connectivity index (χ1n) is 7.08. The number of hydrogen-bond acceptors (Lipinski definition) is 3. The standard InChI is InChI=1S/C16H16ClFN2O3S/c1-10(2)20-24(22,23)13-5-3-4-11(8-13)16(21)19-15-7-6-12(18)9-14(15)17/h3-10,20H,1-2H3,(H,19,21). The van der Waals surface area contributed by atoms with E-state index in [-0.39, 0.29) is 27.2 Å². The predicted octanol–water partition coefficient (Wildman–Crippen LogP) is 3.42. The third-order valence-corrected chi connectivity index (χ3v) is 4.95. The summed E-state index contributed by atoms with van der Waals surface area (Å²) in [6.07, 6.45) is 0. The van der Waals surface area contributed by atoms with Crippen LogP contribution in [0.2, 0.25) is 5.02 Å². The van der Waals surface area contributed by atoms with Crippen molar-refractivity contribution in [1.82, 2.24) is 4.72 Å². The van der Waals surface area contributed by atoms with E-state index in [4.69, 9.17) is 11.6 Å². The Morgan fingerprint density at radius 1 is 1.17 bits per heavy atom. The van der Waals surface area contributed by atoms with Crippen molar-refractivity contribution in [1.29, 1.82) is 0 Å². The zero-order valence-corrected chi connectivity index (χ0v) is 14.6. The Kier molecular flexibility index (Phi) is 5.58. The van der Waals surface area contributed by atoms with Gasteiger partial charge in [0.15, 0.2) is 0 Å². The van der Waals surface area contributed by atoms with Gasteiger partial charge >= 0.3 is 0 Å². The predicted molar refractivity (Wildman–Crippen MR) is 91.3 cm³/mol. The molecule has 0 radical (unpaired) electrons. The van der Waals surface area contributed by atoms with Crippen molar-refractivity contribution in [2.75, 3.05) is 5.32 Å². The van der Waals surface area contributed by atoms with E-state index in [1.54, 1.807) is 13.8 Å². The molecule has 8 heteroatoms. The largest absolute Gasteiger partial charge is 0.321 e. The fourth-order valence-corrected chi connectivity index (χ4v) is 3.48. The molecular weight excluding hydrogens is 355 g/mol. The fraction of sp³-hybridized carbons (Fsp3) is 0.188. The quantitative estimate of drug-likeness (QED) is 0.846. The Hall–Kier alpha value is -1.96. The fourth-order valence-electron chi connectivity index (χ4n) is 1.97. The van der Waals surface area contributed by atoms with Crippen LogP contribution in [0.3, 0.4) is 0 Å². The van der Waals surface area contributed by atoms with Crippen molar-refractivity contribution in [3.8, 4) is 0 Å². The molecule has 0 bridgehead atoms. The Bertz CT molecular complexity index is 869. The number of rotatable bonds is 5. The molecule has 2 aromatic carbocycles. The number of carbonyl (C=O) groups is 1. The van der Waals surface area contributed by atoms with Gasteiger partial charge in [0, 0.05) is 11.6 Å². The van der Waals surface area contributed by atoms with Crippen molar-refractivity contribution in [2.24, 2.45) is 0 Å². The molecule has 2 aromatic rings. The lowest BCUT2D eigenvalue weighted by molar-refractivity contribution is 0.102. The Balaban J connectivity index is 2.26. The first-order chi connectivity index (χ1) is 11.2. The number of halogens is 2. The third-order valence-electron chi connectivity index (χ3n) is 2.98. The molecular formula is C16H16ClFN2O3S. The molecule has 24 heavy (non-hydrogen) atoms. The molecule has 0 saturated carbocycles. The molecule has 2 rings (SSSR count). The molecule has 128 valence electrons. The molecule has 0 aromatic heterocycles. The summed E-state index contributed by atoms with van der Waals surface area (Å²) in [5, 5.41) is 2.57. The first-order valence-corrected chi connectivity index (χ1v) is 8.94. The van der Waals surface area contributed by atoms with Gasteiger partial charge in [0.1, 0.15) is 5.82 Å². The second-order valence-electron chi connectivity index (χ2n) is 5.38. The molecule has 0 aliphatic heterocycles. The van der Waals surface area contributed by atoms with Crippen LogP contribution in [0.4, 0.5) is 10.1 Å². The first kappa shape index (κ1) is 18.4. The van der Waals surface area contributed by atoms with Gasteiger partial charge in [-0.25, -0.2) is 17.5 Å². The topological polar surface area (TPSA) is 75.3 Å². The highest BCUT2D eigenvalue weighted by Gasteiger charge is 2.17. The zero-order chi connectivity index (χ0) is 17.9. The second kappa shape index (κ2) is 7.29. The van der Waals surface area contributed by atoms with Gasteiger partial charge in [-0.05, 0) is 50.2 Å². The minimum atomic E-state index is -3.71. The minimum absolute atomic E-state index is 0.0194. The molecule has 0 saturated heterocycles. The van der Waals surface area contributed by atoms with Crippen LogP contribution < -0.4 is 10.0 Å². The summed E-state index contributed by atoms with van der Waals surface area (Å²) in [7, 11) is -3.71.